The predicted octanol–water partition coefficient (Wildman–Crippen LogP) is 2.35. The predicted molar refractivity (Wildman–Crippen MR) is 92.4 cm³/mol. The molecule has 132 valence electrons. The van der Waals surface area contributed by atoms with Gasteiger partial charge in [0.05, 0.1) is 0 Å². The van der Waals surface area contributed by atoms with Gasteiger partial charge in [-0.05, 0) is 6.42 Å². The first-order valence-corrected chi connectivity index (χ1v) is 12.2. The zero-order valence-electron chi connectivity index (χ0n) is 14.1. The highest BCUT2D eigenvalue weighted by Gasteiger charge is 2.62. The summed E-state index contributed by atoms with van der Waals surface area (Å²) in [5.41, 5.74) is 0. The maximum Gasteiger partial charge on any atom is 0.294 e. The van der Waals surface area contributed by atoms with Gasteiger partial charge in [0.1, 0.15) is 0 Å². The highest BCUT2D eigenvalue weighted by atomic mass is 31.2. The lowest BCUT2D eigenvalue weighted by Gasteiger charge is -2.39. The van der Waals surface area contributed by atoms with Crippen molar-refractivity contribution >= 4 is 15.2 Å². The van der Waals surface area contributed by atoms with Gasteiger partial charge in [0, 0.05) is 58.9 Å². The first-order chi connectivity index (χ1) is 11.1. The summed E-state index contributed by atoms with van der Waals surface area (Å²) in [5.74, 6) is 0. The molecular formula is C14H29N5O2P2. The van der Waals surface area contributed by atoms with E-state index in [2.05, 4.69) is 25.6 Å². The van der Waals surface area contributed by atoms with Crippen molar-refractivity contribution in [3.8, 4) is 0 Å². The largest absolute Gasteiger partial charge is 0.294 e. The van der Waals surface area contributed by atoms with Gasteiger partial charge in [-0.2, -0.15) is 4.44 Å². The fourth-order valence-corrected chi connectivity index (χ4v) is 11.0. The number of hydrogen-bond donors (Lipinski definition) is 0. The SMILES string of the molecule is CCCCCCN(P(=O)(N1CC1)N1CC1)P(=O)(N1CC1)N1CC1. The van der Waals surface area contributed by atoms with Crippen molar-refractivity contribution in [3.63, 3.8) is 0 Å². The minimum Gasteiger partial charge on any atom is -0.270 e. The second-order valence-electron chi connectivity index (χ2n) is 7.00. The molecule has 4 aliphatic rings. The van der Waals surface area contributed by atoms with Gasteiger partial charge in [-0.3, -0.25) is 9.13 Å². The van der Waals surface area contributed by atoms with Gasteiger partial charge in [0.15, 0.2) is 0 Å². The topological polar surface area (TPSA) is 49.4 Å². The molecule has 0 aliphatic carbocycles. The van der Waals surface area contributed by atoms with Gasteiger partial charge < -0.3 is 0 Å². The molecule has 7 nitrogen and oxygen atoms in total. The van der Waals surface area contributed by atoms with Crippen LogP contribution in [0.15, 0.2) is 0 Å². The van der Waals surface area contributed by atoms with Crippen LogP contribution in [-0.2, 0) is 9.13 Å². The Morgan fingerprint density at radius 1 is 0.696 bits per heavy atom. The minimum atomic E-state index is -2.80. The minimum absolute atomic E-state index is 0.703. The summed E-state index contributed by atoms with van der Waals surface area (Å²) in [6, 6.07) is 0. The lowest BCUT2D eigenvalue weighted by atomic mass is 10.2. The summed E-state index contributed by atoms with van der Waals surface area (Å²) in [5, 5.41) is 0. The molecule has 0 radical (unpaired) electrons. The van der Waals surface area contributed by atoms with Gasteiger partial charge in [-0.25, -0.2) is 18.7 Å². The third-order valence-corrected chi connectivity index (χ3v) is 12.5. The molecule has 0 unspecified atom stereocenters. The zero-order valence-corrected chi connectivity index (χ0v) is 15.9. The molecule has 4 aliphatic heterocycles. The quantitative estimate of drug-likeness (QED) is 0.318. The van der Waals surface area contributed by atoms with Crippen LogP contribution in [0.1, 0.15) is 32.6 Å². The molecule has 0 atom stereocenters. The van der Waals surface area contributed by atoms with Crippen molar-refractivity contribution in [2.24, 2.45) is 0 Å². The summed E-state index contributed by atoms with van der Waals surface area (Å²) < 4.78 is 38.2. The Morgan fingerprint density at radius 2 is 1.09 bits per heavy atom. The first kappa shape index (κ1) is 16.7. The number of hydrogen-bond acceptors (Lipinski definition) is 2. The number of unbranched alkanes of at least 4 members (excludes halogenated alkanes) is 3. The van der Waals surface area contributed by atoms with Gasteiger partial charge in [-0.15, -0.1) is 0 Å². The molecule has 9 heteroatoms. The molecule has 4 fully saturated rings. The molecular weight excluding hydrogens is 332 g/mol. The Morgan fingerprint density at radius 3 is 1.39 bits per heavy atom. The van der Waals surface area contributed by atoms with Crippen LogP contribution in [0.2, 0.25) is 0 Å². The van der Waals surface area contributed by atoms with E-state index in [1.807, 2.05) is 4.44 Å². The molecule has 4 saturated heterocycles. The Labute approximate surface area is 139 Å². The Balaban J connectivity index is 1.60. The first-order valence-electron chi connectivity index (χ1n) is 9.12. The fraction of sp³-hybridized carbons (Fsp3) is 1.00. The molecule has 0 aromatic carbocycles. The summed E-state index contributed by atoms with van der Waals surface area (Å²) in [6.45, 7) is 10.0. The number of nitrogens with zero attached hydrogens (tertiary/aromatic N) is 5. The zero-order chi connectivity index (χ0) is 16.1. The van der Waals surface area contributed by atoms with Crippen LogP contribution in [0.25, 0.3) is 0 Å². The van der Waals surface area contributed by atoms with E-state index in [4.69, 9.17) is 0 Å². The van der Waals surface area contributed by atoms with Gasteiger partial charge in [-0.1, -0.05) is 26.2 Å². The summed E-state index contributed by atoms with van der Waals surface area (Å²) in [7, 11) is -5.59. The molecule has 0 spiro atoms. The molecule has 0 amide bonds. The van der Waals surface area contributed by atoms with E-state index in [0.717, 1.165) is 65.2 Å². The van der Waals surface area contributed by atoms with Crippen LogP contribution in [0.3, 0.4) is 0 Å². The Bertz CT molecular complexity index is 469. The van der Waals surface area contributed by atoms with Crippen molar-refractivity contribution in [2.75, 3.05) is 58.9 Å². The molecule has 0 aromatic heterocycles. The normalized spacial score (nSPS) is 26.0. The smallest absolute Gasteiger partial charge is 0.270 e. The van der Waals surface area contributed by atoms with Crippen LogP contribution in [0.4, 0.5) is 0 Å². The van der Waals surface area contributed by atoms with Gasteiger partial charge in [0.2, 0.25) is 0 Å². The second-order valence-corrected chi connectivity index (χ2v) is 12.6. The molecule has 23 heavy (non-hydrogen) atoms. The van der Waals surface area contributed by atoms with Crippen molar-refractivity contribution in [1.29, 1.82) is 0 Å². The van der Waals surface area contributed by atoms with Crippen LogP contribution < -0.4 is 0 Å². The second kappa shape index (κ2) is 6.21. The van der Waals surface area contributed by atoms with Crippen molar-refractivity contribution in [2.45, 2.75) is 32.6 Å². The Hall–Kier alpha value is 0.260. The summed E-state index contributed by atoms with van der Waals surface area (Å²) in [4.78, 5) is 0. The number of rotatable bonds is 11. The van der Waals surface area contributed by atoms with Crippen molar-refractivity contribution < 1.29 is 9.13 Å². The fourth-order valence-electron chi connectivity index (χ4n) is 3.26. The van der Waals surface area contributed by atoms with Crippen LogP contribution in [-0.4, -0.2) is 82.0 Å². The van der Waals surface area contributed by atoms with E-state index in [9.17, 15) is 9.13 Å². The van der Waals surface area contributed by atoms with Crippen LogP contribution in [0, 0.1) is 0 Å². The molecule has 0 saturated carbocycles. The third kappa shape index (κ3) is 3.10. The van der Waals surface area contributed by atoms with Crippen molar-refractivity contribution in [1.82, 2.24) is 23.1 Å². The van der Waals surface area contributed by atoms with E-state index in [1.54, 1.807) is 0 Å². The summed E-state index contributed by atoms with van der Waals surface area (Å²) >= 11 is 0. The standard InChI is InChI=1S/C14H29N5O2P2/c1-2-3-4-5-6-19(22(20,15-7-8-15)16-9-10-16)23(21,17-11-12-17)18-13-14-18/h2-14H2,1H3. The maximum absolute atomic E-state index is 14.0. The molecule has 4 rings (SSSR count). The molecule has 4 heterocycles. The highest BCUT2D eigenvalue weighted by molar-refractivity contribution is 7.72. The van der Waals surface area contributed by atoms with E-state index >= 15 is 0 Å². The van der Waals surface area contributed by atoms with Crippen molar-refractivity contribution in [3.05, 3.63) is 0 Å². The average molecular weight is 361 g/mol. The molecule has 0 bridgehead atoms. The average Bonchev–Trinajstić information content (AvgIpc) is 3.45. The van der Waals surface area contributed by atoms with E-state index in [0.29, 0.717) is 6.54 Å². The highest BCUT2D eigenvalue weighted by Crippen LogP contribution is 2.77. The Kier molecular flexibility index (Phi) is 4.51. The molecule has 0 N–H and O–H groups in total. The lowest BCUT2D eigenvalue weighted by molar-refractivity contribution is 0.401. The van der Waals surface area contributed by atoms with E-state index in [-0.39, 0.29) is 0 Å². The van der Waals surface area contributed by atoms with Crippen LogP contribution in [0.5, 0.6) is 0 Å². The van der Waals surface area contributed by atoms with E-state index in [1.165, 1.54) is 12.8 Å². The van der Waals surface area contributed by atoms with Gasteiger partial charge >= 0.3 is 0 Å². The third-order valence-electron chi connectivity index (χ3n) is 4.98. The summed E-state index contributed by atoms with van der Waals surface area (Å²) in [6.07, 6.45) is 4.51. The van der Waals surface area contributed by atoms with Crippen LogP contribution >= 0.6 is 15.2 Å². The molecule has 0 aromatic rings. The van der Waals surface area contributed by atoms with E-state index < -0.39 is 15.2 Å². The van der Waals surface area contributed by atoms with Gasteiger partial charge in [0.25, 0.3) is 15.2 Å². The monoisotopic (exact) mass is 361 g/mol. The maximum atomic E-state index is 14.0. The lowest BCUT2D eigenvalue weighted by Crippen LogP contribution is -2.31.